The van der Waals surface area contributed by atoms with Crippen LogP contribution < -0.4 is 5.32 Å². The summed E-state index contributed by atoms with van der Waals surface area (Å²) in [6, 6.07) is 14.6. The van der Waals surface area contributed by atoms with E-state index >= 15 is 0 Å². The summed E-state index contributed by atoms with van der Waals surface area (Å²) >= 11 is 5.91. The van der Waals surface area contributed by atoms with Gasteiger partial charge in [0, 0.05) is 34.9 Å². The van der Waals surface area contributed by atoms with Crippen LogP contribution in [0.1, 0.15) is 30.1 Å². The second-order valence-electron chi connectivity index (χ2n) is 7.42. The molecule has 0 aliphatic carbocycles. The number of halogens is 1. The molecule has 0 radical (unpaired) electrons. The molecule has 2 atom stereocenters. The Hall–Kier alpha value is -2.90. The number of anilines is 1. The number of hydrogen-bond acceptors (Lipinski definition) is 6. The number of aromatic nitrogens is 2. The summed E-state index contributed by atoms with van der Waals surface area (Å²) in [4.78, 5) is 19.0. The predicted molar refractivity (Wildman–Crippen MR) is 114 cm³/mol. The SMILES string of the molecule is CC1CN(C(=O)c2ccc(NCc3nc(-c4ccc(Cl)cc4)no3)cc2)CC(C)O1. The number of nitrogens with zero attached hydrogens (tertiary/aromatic N) is 3. The zero-order valence-electron chi connectivity index (χ0n) is 16.8. The van der Waals surface area contributed by atoms with Crippen molar-refractivity contribution >= 4 is 23.2 Å². The molecule has 2 heterocycles. The van der Waals surface area contributed by atoms with Crippen LogP contribution in [0.3, 0.4) is 0 Å². The van der Waals surface area contributed by atoms with E-state index in [1.165, 1.54) is 0 Å². The van der Waals surface area contributed by atoms with E-state index in [0.29, 0.717) is 41.9 Å². The maximum absolute atomic E-state index is 12.7. The third kappa shape index (κ3) is 4.80. The smallest absolute Gasteiger partial charge is 0.254 e. The molecule has 1 fully saturated rings. The number of amides is 1. The van der Waals surface area contributed by atoms with E-state index in [0.717, 1.165) is 11.3 Å². The largest absolute Gasteiger partial charge is 0.376 e. The van der Waals surface area contributed by atoms with Gasteiger partial charge in [-0.05, 0) is 62.4 Å². The predicted octanol–water partition coefficient (Wildman–Crippen LogP) is 4.25. The fourth-order valence-electron chi connectivity index (χ4n) is 3.48. The zero-order valence-corrected chi connectivity index (χ0v) is 17.6. The highest BCUT2D eigenvalue weighted by Gasteiger charge is 2.26. The average molecular weight is 427 g/mol. The number of ether oxygens (including phenoxy) is 1. The van der Waals surface area contributed by atoms with Crippen molar-refractivity contribution in [1.82, 2.24) is 15.0 Å². The van der Waals surface area contributed by atoms with Gasteiger partial charge in [-0.25, -0.2) is 0 Å². The molecule has 1 saturated heterocycles. The topological polar surface area (TPSA) is 80.5 Å². The van der Waals surface area contributed by atoms with E-state index in [2.05, 4.69) is 15.5 Å². The van der Waals surface area contributed by atoms with E-state index < -0.39 is 0 Å². The summed E-state index contributed by atoms with van der Waals surface area (Å²) in [6.07, 6.45) is 0.0941. The Morgan fingerprint density at radius 1 is 1.10 bits per heavy atom. The molecule has 2 aromatic carbocycles. The third-order valence-electron chi connectivity index (χ3n) is 4.85. The Labute approximate surface area is 180 Å². The van der Waals surface area contributed by atoms with Gasteiger partial charge in [0.15, 0.2) is 0 Å². The molecule has 156 valence electrons. The van der Waals surface area contributed by atoms with Crippen molar-refractivity contribution < 1.29 is 14.1 Å². The van der Waals surface area contributed by atoms with Gasteiger partial charge in [-0.1, -0.05) is 16.8 Å². The normalized spacial score (nSPS) is 19.0. The van der Waals surface area contributed by atoms with Crippen LogP contribution in [0.15, 0.2) is 53.1 Å². The Bertz CT molecular complexity index is 994. The van der Waals surface area contributed by atoms with Crippen molar-refractivity contribution in [2.75, 3.05) is 18.4 Å². The fourth-order valence-corrected chi connectivity index (χ4v) is 3.60. The highest BCUT2D eigenvalue weighted by Crippen LogP contribution is 2.20. The monoisotopic (exact) mass is 426 g/mol. The molecule has 3 aromatic rings. The summed E-state index contributed by atoms with van der Waals surface area (Å²) in [5, 5.41) is 7.89. The van der Waals surface area contributed by atoms with Crippen LogP contribution >= 0.6 is 11.6 Å². The maximum atomic E-state index is 12.7. The lowest BCUT2D eigenvalue weighted by Gasteiger charge is -2.35. The molecule has 1 N–H and O–H groups in total. The minimum Gasteiger partial charge on any atom is -0.376 e. The number of rotatable bonds is 5. The second kappa shape index (κ2) is 8.85. The van der Waals surface area contributed by atoms with Crippen LogP contribution in [-0.2, 0) is 11.3 Å². The van der Waals surface area contributed by atoms with Crippen LogP contribution in [0.2, 0.25) is 5.02 Å². The summed E-state index contributed by atoms with van der Waals surface area (Å²) < 4.78 is 11.0. The molecule has 8 heteroatoms. The minimum atomic E-state index is 0.0213. The molecule has 2 unspecified atom stereocenters. The van der Waals surface area contributed by atoms with E-state index in [-0.39, 0.29) is 18.1 Å². The first-order valence-electron chi connectivity index (χ1n) is 9.85. The van der Waals surface area contributed by atoms with Crippen LogP contribution in [0.25, 0.3) is 11.4 Å². The Kier molecular flexibility index (Phi) is 6.01. The van der Waals surface area contributed by atoms with Gasteiger partial charge in [-0.15, -0.1) is 0 Å². The summed E-state index contributed by atoms with van der Waals surface area (Å²) in [7, 11) is 0. The molecular formula is C22H23ClN4O3. The lowest BCUT2D eigenvalue weighted by molar-refractivity contribution is -0.0586. The van der Waals surface area contributed by atoms with Crippen molar-refractivity contribution in [3.63, 3.8) is 0 Å². The summed E-state index contributed by atoms with van der Waals surface area (Å²) in [5.41, 5.74) is 2.36. The molecule has 4 rings (SSSR count). The van der Waals surface area contributed by atoms with Crippen LogP contribution in [0, 0.1) is 0 Å². The number of carbonyl (C=O) groups is 1. The molecule has 0 spiro atoms. The fraction of sp³-hybridized carbons (Fsp3) is 0.318. The van der Waals surface area contributed by atoms with E-state index in [4.69, 9.17) is 20.9 Å². The van der Waals surface area contributed by atoms with Crippen molar-refractivity contribution in [2.24, 2.45) is 0 Å². The van der Waals surface area contributed by atoms with E-state index in [1.54, 1.807) is 12.1 Å². The average Bonchev–Trinajstić information content (AvgIpc) is 3.21. The van der Waals surface area contributed by atoms with Gasteiger partial charge in [0.1, 0.15) is 0 Å². The quantitative estimate of drug-likeness (QED) is 0.656. The Balaban J connectivity index is 1.35. The van der Waals surface area contributed by atoms with Gasteiger partial charge < -0.3 is 19.5 Å². The summed E-state index contributed by atoms with van der Waals surface area (Å²) in [5.74, 6) is 1.00. The van der Waals surface area contributed by atoms with Gasteiger partial charge in [-0.2, -0.15) is 4.98 Å². The lowest BCUT2D eigenvalue weighted by atomic mass is 10.1. The van der Waals surface area contributed by atoms with E-state index in [9.17, 15) is 4.79 Å². The highest BCUT2D eigenvalue weighted by molar-refractivity contribution is 6.30. The van der Waals surface area contributed by atoms with Gasteiger partial charge in [0.05, 0.1) is 18.8 Å². The van der Waals surface area contributed by atoms with Crippen LogP contribution in [0.4, 0.5) is 5.69 Å². The first-order chi connectivity index (χ1) is 14.5. The van der Waals surface area contributed by atoms with Crippen molar-refractivity contribution in [3.8, 4) is 11.4 Å². The number of benzene rings is 2. The van der Waals surface area contributed by atoms with Crippen molar-refractivity contribution in [3.05, 3.63) is 65.0 Å². The van der Waals surface area contributed by atoms with Crippen LogP contribution in [0.5, 0.6) is 0 Å². The lowest BCUT2D eigenvalue weighted by Crippen LogP contribution is -2.48. The molecule has 0 saturated carbocycles. The van der Waals surface area contributed by atoms with Crippen molar-refractivity contribution in [2.45, 2.75) is 32.6 Å². The van der Waals surface area contributed by atoms with E-state index in [1.807, 2.05) is 55.1 Å². The molecule has 0 bridgehead atoms. The standard InChI is InChI=1S/C22H23ClN4O3/c1-14-12-27(13-15(2)29-14)22(28)17-5-9-19(10-6-17)24-11-20-25-21(26-30-20)16-3-7-18(23)8-4-16/h3-10,14-15,24H,11-13H2,1-2H3. The molecule has 7 nitrogen and oxygen atoms in total. The summed E-state index contributed by atoms with van der Waals surface area (Å²) in [6.45, 7) is 5.57. The maximum Gasteiger partial charge on any atom is 0.254 e. The molecule has 1 aliphatic rings. The molecule has 1 aliphatic heterocycles. The number of carbonyl (C=O) groups excluding carboxylic acids is 1. The molecule has 1 aromatic heterocycles. The van der Waals surface area contributed by atoms with Crippen LogP contribution in [-0.4, -0.2) is 46.2 Å². The number of nitrogens with one attached hydrogen (secondary N) is 1. The first-order valence-corrected chi connectivity index (χ1v) is 10.2. The third-order valence-corrected chi connectivity index (χ3v) is 5.10. The molecule has 1 amide bonds. The number of morpholine rings is 1. The number of hydrogen-bond donors (Lipinski definition) is 1. The van der Waals surface area contributed by atoms with Gasteiger partial charge in [0.25, 0.3) is 5.91 Å². The Morgan fingerprint density at radius 2 is 1.77 bits per heavy atom. The van der Waals surface area contributed by atoms with Gasteiger partial charge in [0.2, 0.25) is 11.7 Å². The zero-order chi connectivity index (χ0) is 21.1. The molecule has 30 heavy (non-hydrogen) atoms. The first kappa shape index (κ1) is 20.4. The second-order valence-corrected chi connectivity index (χ2v) is 7.85. The minimum absolute atomic E-state index is 0.0213. The molecular weight excluding hydrogens is 404 g/mol. The van der Waals surface area contributed by atoms with Crippen molar-refractivity contribution in [1.29, 1.82) is 0 Å². The van der Waals surface area contributed by atoms with Gasteiger partial charge in [-0.3, -0.25) is 4.79 Å². The van der Waals surface area contributed by atoms with Gasteiger partial charge >= 0.3 is 0 Å². The Morgan fingerprint density at radius 3 is 2.43 bits per heavy atom. The highest BCUT2D eigenvalue weighted by atomic mass is 35.5.